The number of benzene rings is 1. The van der Waals surface area contributed by atoms with E-state index in [4.69, 9.17) is 23.2 Å². The van der Waals surface area contributed by atoms with E-state index in [2.05, 4.69) is 0 Å². The molecule has 0 aromatic heterocycles. The lowest BCUT2D eigenvalue weighted by Crippen LogP contribution is -1.61. The Bertz CT molecular complexity index is 266. The van der Waals surface area contributed by atoms with Crippen LogP contribution in [0.4, 0.5) is 0 Å². The fourth-order valence-electron chi connectivity index (χ4n) is 0.678. The Hall–Kier alpha value is 0.150. The van der Waals surface area contributed by atoms with Crippen molar-refractivity contribution in [2.24, 2.45) is 0 Å². The minimum Gasteiger partial charge on any atom is -0.0860 e. The van der Waals surface area contributed by atoms with Gasteiger partial charge in [-0.05, 0) is 12.1 Å². The van der Waals surface area contributed by atoms with E-state index in [1.54, 1.807) is 11.8 Å². The van der Waals surface area contributed by atoms with Crippen LogP contribution in [0.25, 0.3) is 0 Å². The molecule has 0 nitrogen and oxygen atoms in total. The topological polar surface area (TPSA) is 0 Å². The predicted octanol–water partition coefficient (Wildman–Crippen LogP) is 3.46. The summed E-state index contributed by atoms with van der Waals surface area (Å²) in [7, 11) is 0. The molecule has 0 spiro atoms. The van der Waals surface area contributed by atoms with E-state index in [1.165, 1.54) is 4.90 Å². The minimum absolute atomic E-state index is 0.653. The van der Waals surface area contributed by atoms with Gasteiger partial charge < -0.3 is 0 Å². The number of hydrogen-bond acceptors (Lipinski definition) is 1. The first kappa shape index (κ1) is 5.90. The molecule has 0 fully saturated rings. The zero-order valence-electron chi connectivity index (χ0n) is 4.32. The van der Waals surface area contributed by atoms with Gasteiger partial charge in [-0.15, -0.1) is 0 Å². The normalized spacial score (nSPS) is 13.1. The fraction of sp³-hybridized carbons (Fsp3) is 0. The Morgan fingerprint density at radius 3 is 2.67 bits per heavy atom. The van der Waals surface area contributed by atoms with E-state index >= 15 is 0 Å². The highest BCUT2D eigenvalue weighted by molar-refractivity contribution is 8.05. The molecule has 0 unspecified atom stereocenters. The number of fused-ring (bicyclic) bond motifs is 1. The first-order valence-electron chi connectivity index (χ1n) is 2.45. The highest BCUT2D eigenvalue weighted by Crippen LogP contribution is 2.54. The predicted molar refractivity (Wildman–Crippen MR) is 40.6 cm³/mol. The summed E-state index contributed by atoms with van der Waals surface area (Å²) in [5, 5.41) is 1.36. The fourth-order valence-corrected chi connectivity index (χ4v) is 1.90. The molecular weight excluding hydrogens is 175 g/mol. The van der Waals surface area contributed by atoms with Crippen LogP contribution in [0.15, 0.2) is 21.9 Å². The highest BCUT2D eigenvalue weighted by atomic mass is 35.5. The van der Waals surface area contributed by atoms with Crippen molar-refractivity contribution < 1.29 is 0 Å². The van der Waals surface area contributed by atoms with E-state index in [1.807, 2.05) is 12.1 Å². The Kier molecular flexibility index (Phi) is 1.19. The van der Waals surface area contributed by atoms with Gasteiger partial charge in [0.15, 0.2) is 0 Å². The van der Waals surface area contributed by atoms with Crippen molar-refractivity contribution in [1.29, 1.82) is 0 Å². The molecule has 1 heterocycles. The Balaban J connectivity index is 2.70. The minimum atomic E-state index is 0.653. The molecule has 0 aliphatic carbocycles. The molecule has 0 radical (unpaired) electrons. The maximum Gasteiger partial charge on any atom is 0.0743 e. The zero-order valence-corrected chi connectivity index (χ0v) is 6.65. The lowest BCUT2D eigenvalue weighted by Gasteiger charge is -1.86. The molecule has 2 rings (SSSR count). The van der Waals surface area contributed by atoms with Gasteiger partial charge in [-0.3, -0.25) is 0 Å². The van der Waals surface area contributed by atoms with Crippen LogP contribution < -0.4 is 0 Å². The highest BCUT2D eigenvalue weighted by Gasteiger charge is 2.22. The maximum absolute atomic E-state index is 5.78. The Morgan fingerprint density at radius 1 is 1.22 bits per heavy atom. The van der Waals surface area contributed by atoms with Gasteiger partial charge in [0.25, 0.3) is 0 Å². The largest absolute Gasteiger partial charge is 0.0860 e. The van der Waals surface area contributed by atoms with Crippen LogP contribution in [0.3, 0.4) is 0 Å². The van der Waals surface area contributed by atoms with Crippen molar-refractivity contribution in [1.82, 2.24) is 0 Å². The van der Waals surface area contributed by atoms with Crippen molar-refractivity contribution >= 4 is 35.0 Å². The van der Waals surface area contributed by atoms with E-state index in [-0.39, 0.29) is 0 Å². The summed E-state index contributed by atoms with van der Waals surface area (Å²) in [5.74, 6) is 0. The van der Waals surface area contributed by atoms with Gasteiger partial charge in [-0.25, -0.2) is 0 Å². The monoisotopic (exact) mass is 176 g/mol. The van der Waals surface area contributed by atoms with Gasteiger partial charge >= 0.3 is 0 Å². The summed E-state index contributed by atoms with van der Waals surface area (Å²) in [4.78, 5) is 2.40. The molecule has 1 aromatic rings. The van der Waals surface area contributed by atoms with Gasteiger partial charge in [0.1, 0.15) is 0 Å². The Morgan fingerprint density at radius 2 is 2.00 bits per heavy atom. The second-order valence-electron chi connectivity index (χ2n) is 1.79. The van der Waals surface area contributed by atoms with Crippen molar-refractivity contribution in [3.05, 3.63) is 22.2 Å². The Labute approximate surface area is 67.2 Å². The SMILES string of the molecule is Clc1ccc2c(c1Cl)S2. The lowest BCUT2D eigenvalue weighted by molar-refractivity contribution is 1.38. The molecule has 0 N–H and O–H groups in total. The number of rotatable bonds is 0. The second-order valence-corrected chi connectivity index (χ2v) is 3.63. The quantitative estimate of drug-likeness (QED) is 0.555. The third kappa shape index (κ3) is 0.841. The van der Waals surface area contributed by atoms with Gasteiger partial charge in [-0.2, -0.15) is 0 Å². The summed E-state index contributed by atoms with van der Waals surface area (Å²) in [6.07, 6.45) is 0. The van der Waals surface area contributed by atoms with Gasteiger partial charge in [0.2, 0.25) is 0 Å². The summed E-state index contributed by atoms with van der Waals surface area (Å²) >= 11 is 13.2. The zero-order chi connectivity index (χ0) is 6.43. The summed E-state index contributed by atoms with van der Waals surface area (Å²) in [6.45, 7) is 0. The van der Waals surface area contributed by atoms with Crippen LogP contribution in [-0.2, 0) is 0 Å². The first-order valence-corrected chi connectivity index (χ1v) is 4.02. The molecular formula is C6H2Cl2S. The van der Waals surface area contributed by atoms with Crippen molar-refractivity contribution in [2.45, 2.75) is 9.79 Å². The van der Waals surface area contributed by atoms with E-state index in [0.29, 0.717) is 10.0 Å². The van der Waals surface area contributed by atoms with E-state index in [0.717, 1.165) is 4.90 Å². The average Bonchev–Trinajstić information content (AvgIpc) is 2.58. The number of halogens is 2. The van der Waals surface area contributed by atoms with Crippen LogP contribution in [0, 0.1) is 0 Å². The number of hydrogen-bond donors (Lipinski definition) is 0. The molecule has 46 valence electrons. The van der Waals surface area contributed by atoms with Crippen LogP contribution >= 0.6 is 35.0 Å². The molecule has 0 saturated carbocycles. The van der Waals surface area contributed by atoms with Crippen LogP contribution in [0.5, 0.6) is 0 Å². The van der Waals surface area contributed by atoms with Gasteiger partial charge in [0, 0.05) is 9.79 Å². The van der Waals surface area contributed by atoms with Crippen molar-refractivity contribution in [3.8, 4) is 0 Å². The molecule has 0 bridgehead atoms. The summed E-state index contributed by atoms with van der Waals surface area (Å²) in [5.41, 5.74) is 0. The van der Waals surface area contributed by atoms with Gasteiger partial charge in [-0.1, -0.05) is 35.0 Å². The molecule has 0 atom stereocenters. The van der Waals surface area contributed by atoms with Crippen LogP contribution in [0.2, 0.25) is 10.0 Å². The van der Waals surface area contributed by atoms with Crippen LogP contribution in [-0.4, -0.2) is 0 Å². The molecule has 1 aromatic carbocycles. The molecule has 9 heavy (non-hydrogen) atoms. The molecule has 0 saturated heterocycles. The van der Waals surface area contributed by atoms with Crippen LogP contribution in [0.1, 0.15) is 0 Å². The van der Waals surface area contributed by atoms with Crippen molar-refractivity contribution in [2.75, 3.05) is 0 Å². The average molecular weight is 177 g/mol. The third-order valence-corrected chi connectivity index (χ3v) is 3.08. The molecule has 1 aliphatic heterocycles. The van der Waals surface area contributed by atoms with E-state index in [9.17, 15) is 0 Å². The summed E-state index contributed by atoms with van der Waals surface area (Å²) < 4.78 is 0. The maximum atomic E-state index is 5.78. The first-order chi connectivity index (χ1) is 4.29. The third-order valence-electron chi connectivity index (χ3n) is 1.18. The summed E-state index contributed by atoms with van der Waals surface area (Å²) in [6, 6.07) is 3.80. The van der Waals surface area contributed by atoms with Crippen molar-refractivity contribution in [3.63, 3.8) is 0 Å². The lowest BCUT2D eigenvalue weighted by atomic mass is 10.4. The molecule has 0 amide bonds. The second kappa shape index (κ2) is 1.82. The van der Waals surface area contributed by atoms with Gasteiger partial charge in [0.05, 0.1) is 10.0 Å². The molecule has 3 heteroatoms. The van der Waals surface area contributed by atoms with E-state index < -0.39 is 0 Å². The molecule has 1 aliphatic rings. The smallest absolute Gasteiger partial charge is 0.0743 e. The standard InChI is InChI=1S/C6H2Cl2S/c7-3-1-2-4-6(9-4)5(3)8/h1-2H.